The van der Waals surface area contributed by atoms with Gasteiger partial charge in [0.25, 0.3) is 0 Å². The molecule has 2 fully saturated rings. The molecule has 1 saturated heterocycles. The number of hydrogen-bond acceptors (Lipinski definition) is 3. The van der Waals surface area contributed by atoms with Crippen LogP contribution in [0, 0.1) is 11.3 Å². The lowest BCUT2D eigenvalue weighted by Crippen LogP contribution is -2.33. The van der Waals surface area contributed by atoms with E-state index in [-0.39, 0.29) is 5.41 Å². The molecule has 0 spiro atoms. The van der Waals surface area contributed by atoms with Gasteiger partial charge in [-0.05, 0) is 64.7 Å². The van der Waals surface area contributed by atoms with Crippen LogP contribution in [0.4, 0.5) is 0 Å². The summed E-state index contributed by atoms with van der Waals surface area (Å²) in [6.07, 6.45) is 6.47. The second-order valence-corrected chi connectivity index (χ2v) is 5.87. The lowest BCUT2D eigenvalue weighted by Gasteiger charge is -2.29. The summed E-state index contributed by atoms with van der Waals surface area (Å²) in [6, 6.07) is 0. The molecule has 1 heterocycles. The molecule has 0 aromatic rings. The van der Waals surface area contributed by atoms with Gasteiger partial charge in [0.2, 0.25) is 0 Å². The maximum absolute atomic E-state index is 9.19. The Hall–Kier alpha value is -0.120. The minimum absolute atomic E-state index is 0.271. The van der Waals surface area contributed by atoms with E-state index >= 15 is 0 Å². The number of aliphatic hydroxyl groups is 1. The first-order valence-corrected chi connectivity index (χ1v) is 6.74. The maximum atomic E-state index is 9.19. The van der Waals surface area contributed by atoms with Crippen LogP contribution >= 0.6 is 0 Å². The minimum Gasteiger partial charge on any atom is -0.396 e. The average Bonchev–Trinajstić information content (AvgIpc) is 3.08. The maximum Gasteiger partial charge on any atom is 0.0499 e. The van der Waals surface area contributed by atoms with Gasteiger partial charge in [-0.25, -0.2) is 0 Å². The Morgan fingerprint density at radius 1 is 1.31 bits per heavy atom. The topological polar surface area (TPSA) is 35.5 Å². The van der Waals surface area contributed by atoms with Crippen molar-refractivity contribution in [1.29, 1.82) is 0 Å². The quantitative estimate of drug-likeness (QED) is 0.665. The van der Waals surface area contributed by atoms with Crippen LogP contribution in [-0.2, 0) is 0 Å². The first-order valence-electron chi connectivity index (χ1n) is 6.74. The van der Waals surface area contributed by atoms with Crippen LogP contribution < -0.4 is 5.32 Å². The van der Waals surface area contributed by atoms with Gasteiger partial charge in [-0.15, -0.1) is 0 Å². The summed E-state index contributed by atoms with van der Waals surface area (Å²) in [5.41, 5.74) is 0.271. The van der Waals surface area contributed by atoms with Crippen molar-refractivity contribution in [1.82, 2.24) is 10.2 Å². The third-order valence-electron chi connectivity index (χ3n) is 4.36. The smallest absolute Gasteiger partial charge is 0.0499 e. The van der Waals surface area contributed by atoms with Crippen molar-refractivity contribution in [2.24, 2.45) is 11.3 Å². The molecule has 1 saturated carbocycles. The fourth-order valence-electron chi connectivity index (χ4n) is 2.58. The monoisotopic (exact) mass is 226 g/mol. The first kappa shape index (κ1) is 12.3. The summed E-state index contributed by atoms with van der Waals surface area (Å²) < 4.78 is 0. The van der Waals surface area contributed by atoms with Crippen molar-refractivity contribution in [3.63, 3.8) is 0 Å². The van der Waals surface area contributed by atoms with E-state index in [0.29, 0.717) is 6.61 Å². The molecule has 1 aliphatic carbocycles. The van der Waals surface area contributed by atoms with Crippen LogP contribution in [0.3, 0.4) is 0 Å². The molecule has 0 aromatic carbocycles. The predicted octanol–water partition coefficient (Wildman–Crippen LogP) is 1.08. The summed E-state index contributed by atoms with van der Waals surface area (Å²) in [5.74, 6) is 0.924. The Morgan fingerprint density at radius 3 is 2.56 bits per heavy atom. The molecule has 1 aliphatic heterocycles. The molecule has 94 valence electrons. The average molecular weight is 226 g/mol. The molecule has 3 nitrogen and oxygen atoms in total. The van der Waals surface area contributed by atoms with Gasteiger partial charge in [-0.2, -0.15) is 0 Å². The van der Waals surface area contributed by atoms with E-state index in [1.807, 2.05) is 0 Å². The van der Waals surface area contributed by atoms with Crippen LogP contribution in [0.5, 0.6) is 0 Å². The van der Waals surface area contributed by atoms with Gasteiger partial charge in [-0.1, -0.05) is 0 Å². The van der Waals surface area contributed by atoms with Crippen molar-refractivity contribution in [2.75, 3.05) is 39.8 Å². The van der Waals surface area contributed by atoms with Crippen molar-refractivity contribution in [3.05, 3.63) is 0 Å². The van der Waals surface area contributed by atoms with E-state index in [9.17, 15) is 5.11 Å². The van der Waals surface area contributed by atoms with Crippen molar-refractivity contribution >= 4 is 0 Å². The zero-order valence-electron chi connectivity index (χ0n) is 10.5. The highest BCUT2D eigenvalue weighted by molar-refractivity contribution is 4.94. The molecule has 0 amide bonds. The summed E-state index contributed by atoms with van der Waals surface area (Å²) in [4.78, 5) is 2.43. The van der Waals surface area contributed by atoms with Gasteiger partial charge >= 0.3 is 0 Å². The highest BCUT2D eigenvalue weighted by Crippen LogP contribution is 2.44. The number of nitrogens with one attached hydrogen (secondary N) is 1. The molecule has 3 heteroatoms. The molecule has 0 bridgehead atoms. The molecule has 2 aliphatic rings. The van der Waals surface area contributed by atoms with Crippen LogP contribution in [-0.4, -0.2) is 49.8 Å². The number of piperidine rings is 1. The van der Waals surface area contributed by atoms with Crippen LogP contribution in [0.1, 0.15) is 32.1 Å². The van der Waals surface area contributed by atoms with E-state index in [1.54, 1.807) is 0 Å². The zero-order valence-corrected chi connectivity index (χ0v) is 10.5. The first-order chi connectivity index (χ1) is 7.74. The van der Waals surface area contributed by atoms with Gasteiger partial charge in [0.1, 0.15) is 0 Å². The predicted molar refractivity (Wildman–Crippen MR) is 66.5 cm³/mol. The molecular weight excluding hydrogens is 200 g/mol. The van der Waals surface area contributed by atoms with E-state index in [0.717, 1.165) is 19.0 Å². The number of likely N-dealkylation sites (tertiary alicyclic amines) is 1. The fraction of sp³-hybridized carbons (Fsp3) is 1.00. The van der Waals surface area contributed by atoms with Crippen molar-refractivity contribution in [3.8, 4) is 0 Å². The minimum atomic E-state index is 0.271. The Labute approximate surface area is 99.2 Å². The number of aliphatic hydroxyl groups excluding tert-OH is 1. The standard InChI is InChI=1S/C13H26N2O/c1-15-8-3-12(4-9-15)2-7-14-10-13(11-16)5-6-13/h12,14,16H,2-11H2,1H3. The van der Waals surface area contributed by atoms with Gasteiger partial charge in [-0.3, -0.25) is 0 Å². The fourth-order valence-corrected chi connectivity index (χ4v) is 2.58. The van der Waals surface area contributed by atoms with Gasteiger partial charge in [0.15, 0.2) is 0 Å². The van der Waals surface area contributed by atoms with Crippen LogP contribution in [0.25, 0.3) is 0 Å². The molecule has 0 unspecified atom stereocenters. The number of rotatable bonds is 6. The molecule has 2 N–H and O–H groups in total. The number of hydrogen-bond donors (Lipinski definition) is 2. The van der Waals surface area contributed by atoms with E-state index in [1.165, 1.54) is 45.2 Å². The van der Waals surface area contributed by atoms with Crippen molar-refractivity contribution in [2.45, 2.75) is 32.1 Å². The van der Waals surface area contributed by atoms with Crippen LogP contribution in [0.2, 0.25) is 0 Å². The van der Waals surface area contributed by atoms with Gasteiger partial charge < -0.3 is 15.3 Å². The lowest BCUT2D eigenvalue weighted by atomic mass is 9.94. The normalized spacial score (nSPS) is 25.9. The molecule has 16 heavy (non-hydrogen) atoms. The molecule has 0 atom stereocenters. The highest BCUT2D eigenvalue weighted by atomic mass is 16.3. The van der Waals surface area contributed by atoms with Crippen molar-refractivity contribution < 1.29 is 5.11 Å². The Kier molecular flexibility index (Phi) is 4.22. The second kappa shape index (κ2) is 5.48. The summed E-state index contributed by atoms with van der Waals surface area (Å²) in [6.45, 7) is 5.07. The Morgan fingerprint density at radius 2 is 2.00 bits per heavy atom. The number of nitrogens with zero attached hydrogens (tertiary/aromatic N) is 1. The van der Waals surface area contributed by atoms with Gasteiger partial charge in [0, 0.05) is 18.6 Å². The molecular formula is C13H26N2O. The third-order valence-corrected chi connectivity index (χ3v) is 4.36. The van der Waals surface area contributed by atoms with Gasteiger partial charge in [0.05, 0.1) is 0 Å². The SMILES string of the molecule is CN1CCC(CCNCC2(CO)CC2)CC1. The Balaban J connectivity index is 1.51. The Bertz CT molecular complexity index is 208. The molecule has 2 rings (SSSR count). The zero-order chi connectivity index (χ0) is 11.4. The molecule has 0 radical (unpaired) electrons. The van der Waals surface area contributed by atoms with E-state index in [4.69, 9.17) is 0 Å². The third kappa shape index (κ3) is 3.44. The van der Waals surface area contributed by atoms with Crippen LogP contribution in [0.15, 0.2) is 0 Å². The highest BCUT2D eigenvalue weighted by Gasteiger charge is 2.41. The summed E-state index contributed by atoms with van der Waals surface area (Å²) in [5, 5.41) is 12.7. The van der Waals surface area contributed by atoms with E-state index in [2.05, 4.69) is 17.3 Å². The summed E-state index contributed by atoms with van der Waals surface area (Å²) >= 11 is 0. The lowest BCUT2D eigenvalue weighted by molar-refractivity contribution is 0.198. The molecule has 0 aromatic heterocycles. The second-order valence-electron chi connectivity index (χ2n) is 5.87. The van der Waals surface area contributed by atoms with E-state index < -0.39 is 0 Å². The largest absolute Gasteiger partial charge is 0.396 e. The summed E-state index contributed by atoms with van der Waals surface area (Å²) in [7, 11) is 2.21.